The van der Waals surface area contributed by atoms with Crippen molar-refractivity contribution >= 4 is 23.2 Å². The highest BCUT2D eigenvalue weighted by Gasteiger charge is 2.20. The molecule has 3 aromatic rings. The van der Waals surface area contributed by atoms with Gasteiger partial charge in [0.15, 0.2) is 0 Å². The smallest absolute Gasteiger partial charge is 0.259 e. The van der Waals surface area contributed by atoms with Gasteiger partial charge in [-0.15, -0.1) is 0 Å². The number of hydrogen-bond acceptors (Lipinski definition) is 3. The second kappa shape index (κ2) is 8.61. The molecule has 0 bridgehead atoms. The maximum Gasteiger partial charge on any atom is 0.259 e. The molecule has 1 saturated heterocycles. The molecule has 29 heavy (non-hydrogen) atoms. The summed E-state index contributed by atoms with van der Waals surface area (Å²) < 4.78 is 5.89. The Morgan fingerprint density at radius 2 is 1.69 bits per heavy atom. The molecule has 1 N–H and O–H groups in total. The summed E-state index contributed by atoms with van der Waals surface area (Å²) in [7, 11) is 0. The maximum atomic E-state index is 12.9. The molecule has 1 aliphatic rings. The van der Waals surface area contributed by atoms with Crippen LogP contribution in [-0.4, -0.2) is 18.4 Å². The quantitative estimate of drug-likeness (QED) is 0.652. The van der Waals surface area contributed by atoms with Crippen molar-refractivity contribution < 1.29 is 14.3 Å². The largest absolute Gasteiger partial charge is 0.457 e. The first-order valence-corrected chi connectivity index (χ1v) is 9.74. The van der Waals surface area contributed by atoms with Gasteiger partial charge in [-0.3, -0.25) is 9.59 Å². The van der Waals surface area contributed by atoms with Gasteiger partial charge in [-0.1, -0.05) is 36.4 Å². The predicted octanol–water partition coefficient (Wildman–Crippen LogP) is 5.25. The van der Waals surface area contributed by atoms with E-state index < -0.39 is 0 Å². The second-order valence-corrected chi connectivity index (χ2v) is 6.92. The van der Waals surface area contributed by atoms with E-state index in [1.165, 1.54) is 0 Å². The van der Waals surface area contributed by atoms with Crippen molar-refractivity contribution in [2.75, 3.05) is 16.8 Å². The van der Waals surface area contributed by atoms with Gasteiger partial charge in [-0.05, 0) is 55.3 Å². The van der Waals surface area contributed by atoms with E-state index in [2.05, 4.69) is 5.32 Å². The Kier molecular flexibility index (Phi) is 5.56. The number of nitrogens with zero attached hydrogens (tertiary/aromatic N) is 1. The van der Waals surface area contributed by atoms with E-state index in [1.807, 2.05) is 60.7 Å². The monoisotopic (exact) mass is 386 g/mol. The zero-order valence-electron chi connectivity index (χ0n) is 16.0. The van der Waals surface area contributed by atoms with Gasteiger partial charge in [0.25, 0.3) is 5.91 Å². The molecule has 5 heteroatoms. The standard InChI is InChI=1S/C24H22N2O3/c27-23-15-6-7-16-26(23)19-10-8-9-18(17-19)25-24(28)21-13-4-5-14-22(21)29-20-11-2-1-3-12-20/h1-5,8-14,17H,6-7,15-16H2,(H,25,28). The van der Waals surface area contributed by atoms with Gasteiger partial charge in [0.1, 0.15) is 11.5 Å². The molecule has 1 heterocycles. The highest BCUT2D eigenvalue weighted by atomic mass is 16.5. The van der Waals surface area contributed by atoms with Crippen molar-refractivity contribution in [3.8, 4) is 11.5 Å². The predicted molar refractivity (Wildman–Crippen MR) is 114 cm³/mol. The number of rotatable bonds is 5. The summed E-state index contributed by atoms with van der Waals surface area (Å²) in [5.41, 5.74) is 1.89. The highest BCUT2D eigenvalue weighted by Crippen LogP contribution is 2.27. The van der Waals surface area contributed by atoms with E-state index >= 15 is 0 Å². The third kappa shape index (κ3) is 4.46. The molecule has 0 unspecified atom stereocenters. The maximum absolute atomic E-state index is 12.9. The second-order valence-electron chi connectivity index (χ2n) is 6.92. The summed E-state index contributed by atoms with van der Waals surface area (Å²) >= 11 is 0. The van der Waals surface area contributed by atoms with E-state index in [9.17, 15) is 9.59 Å². The van der Waals surface area contributed by atoms with E-state index in [-0.39, 0.29) is 11.8 Å². The molecule has 4 rings (SSSR count). The van der Waals surface area contributed by atoms with E-state index in [0.29, 0.717) is 35.7 Å². The van der Waals surface area contributed by atoms with Crippen LogP contribution in [0, 0.1) is 0 Å². The Bertz CT molecular complexity index is 1020. The first kappa shape index (κ1) is 18.7. The van der Waals surface area contributed by atoms with Crippen LogP contribution in [0.1, 0.15) is 29.6 Å². The third-order valence-corrected chi connectivity index (χ3v) is 4.84. The fourth-order valence-electron chi connectivity index (χ4n) is 3.39. The van der Waals surface area contributed by atoms with Crippen LogP contribution in [0.3, 0.4) is 0 Å². The van der Waals surface area contributed by atoms with E-state index in [1.54, 1.807) is 23.1 Å². The van der Waals surface area contributed by atoms with Crippen LogP contribution in [0.15, 0.2) is 78.9 Å². The zero-order chi connectivity index (χ0) is 20.1. The molecular formula is C24H22N2O3. The van der Waals surface area contributed by atoms with Crippen molar-refractivity contribution in [2.24, 2.45) is 0 Å². The molecule has 0 aliphatic carbocycles. The molecule has 146 valence electrons. The Morgan fingerprint density at radius 3 is 2.52 bits per heavy atom. The summed E-state index contributed by atoms with van der Waals surface area (Å²) in [4.78, 5) is 26.9. The van der Waals surface area contributed by atoms with Crippen molar-refractivity contribution in [3.05, 3.63) is 84.4 Å². The number of carbonyl (C=O) groups is 2. The van der Waals surface area contributed by atoms with Gasteiger partial charge >= 0.3 is 0 Å². The molecule has 1 aliphatic heterocycles. The first-order valence-electron chi connectivity index (χ1n) is 9.74. The lowest BCUT2D eigenvalue weighted by atomic mass is 10.1. The third-order valence-electron chi connectivity index (χ3n) is 4.84. The number of benzene rings is 3. The Hall–Kier alpha value is -3.60. The molecule has 0 saturated carbocycles. The summed E-state index contributed by atoms with van der Waals surface area (Å²) in [6.07, 6.45) is 2.50. The molecular weight excluding hydrogens is 364 g/mol. The summed E-state index contributed by atoms with van der Waals surface area (Å²) in [6, 6.07) is 23.9. The fourth-order valence-corrected chi connectivity index (χ4v) is 3.39. The minimum absolute atomic E-state index is 0.126. The van der Waals surface area contributed by atoms with Crippen LogP contribution in [-0.2, 0) is 4.79 Å². The summed E-state index contributed by atoms with van der Waals surface area (Å²) in [6.45, 7) is 0.712. The van der Waals surface area contributed by atoms with E-state index in [4.69, 9.17) is 4.74 Å². The van der Waals surface area contributed by atoms with Gasteiger partial charge in [0, 0.05) is 24.3 Å². The normalized spacial score (nSPS) is 13.8. The lowest BCUT2D eigenvalue weighted by Gasteiger charge is -2.27. The number of hydrogen-bond donors (Lipinski definition) is 1. The molecule has 5 nitrogen and oxygen atoms in total. The van der Waals surface area contributed by atoms with Crippen molar-refractivity contribution in [3.63, 3.8) is 0 Å². The average molecular weight is 386 g/mol. The number of ether oxygens (including phenoxy) is 1. The van der Waals surface area contributed by atoms with Crippen molar-refractivity contribution in [1.29, 1.82) is 0 Å². The zero-order valence-corrected chi connectivity index (χ0v) is 16.0. The van der Waals surface area contributed by atoms with Gasteiger partial charge in [0.2, 0.25) is 5.91 Å². The van der Waals surface area contributed by atoms with Crippen LogP contribution in [0.5, 0.6) is 11.5 Å². The molecule has 0 aromatic heterocycles. The minimum atomic E-state index is -0.265. The Balaban J connectivity index is 1.53. The number of anilines is 2. The van der Waals surface area contributed by atoms with Crippen LogP contribution in [0.4, 0.5) is 11.4 Å². The average Bonchev–Trinajstić information content (AvgIpc) is 2.75. The van der Waals surface area contributed by atoms with Crippen LogP contribution < -0.4 is 15.0 Å². The molecule has 1 fully saturated rings. The highest BCUT2D eigenvalue weighted by molar-refractivity contribution is 6.06. The Labute approximate surface area is 169 Å². The fraction of sp³-hybridized carbons (Fsp3) is 0.167. The molecule has 0 radical (unpaired) electrons. The summed E-state index contributed by atoms with van der Waals surface area (Å²) in [5.74, 6) is 1.01. The van der Waals surface area contributed by atoms with Crippen LogP contribution in [0.2, 0.25) is 0 Å². The lowest BCUT2D eigenvalue weighted by Crippen LogP contribution is -2.35. The molecule has 2 amide bonds. The van der Waals surface area contributed by atoms with Gasteiger partial charge in [-0.25, -0.2) is 0 Å². The number of para-hydroxylation sites is 2. The van der Waals surface area contributed by atoms with Gasteiger partial charge in [-0.2, -0.15) is 0 Å². The van der Waals surface area contributed by atoms with Crippen LogP contribution >= 0.6 is 0 Å². The van der Waals surface area contributed by atoms with Crippen molar-refractivity contribution in [1.82, 2.24) is 0 Å². The van der Waals surface area contributed by atoms with Gasteiger partial charge < -0.3 is 15.0 Å². The van der Waals surface area contributed by atoms with E-state index in [0.717, 1.165) is 18.5 Å². The summed E-state index contributed by atoms with van der Waals surface area (Å²) in [5, 5.41) is 2.92. The first-order chi connectivity index (χ1) is 14.2. The van der Waals surface area contributed by atoms with Crippen LogP contribution in [0.25, 0.3) is 0 Å². The molecule has 0 spiro atoms. The topological polar surface area (TPSA) is 58.6 Å². The minimum Gasteiger partial charge on any atom is -0.457 e. The number of nitrogens with one attached hydrogen (secondary N) is 1. The number of piperidine rings is 1. The van der Waals surface area contributed by atoms with Crippen molar-refractivity contribution in [2.45, 2.75) is 19.3 Å². The Morgan fingerprint density at radius 1 is 0.897 bits per heavy atom. The lowest BCUT2D eigenvalue weighted by molar-refractivity contribution is -0.119. The van der Waals surface area contributed by atoms with Gasteiger partial charge in [0.05, 0.1) is 5.56 Å². The number of carbonyl (C=O) groups excluding carboxylic acids is 2. The molecule has 3 aromatic carbocycles. The SMILES string of the molecule is O=C(Nc1cccc(N2CCCCC2=O)c1)c1ccccc1Oc1ccccc1. The number of amides is 2. The molecule has 0 atom stereocenters.